The molecule has 1 aliphatic rings. The van der Waals surface area contributed by atoms with E-state index in [9.17, 15) is 4.79 Å². The van der Waals surface area contributed by atoms with Crippen LogP contribution in [0.2, 0.25) is 0 Å². The molecular weight excluding hydrogens is 202 g/mol. The maximum atomic E-state index is 11.0. The van der Waals surface area contributed by atoms with E-state index in [0.717, 1.165) is 19.4 Å². The summed E-state index contributed by atoms with van der Waals surface area (Å²) in [5.74, 6) is -0.733. The lowest BCUT2D eigenvalue weighted by molar-refractivity contribution is -0.143. The van der Waals surface area contributed by atoms with Crippen molar-refractivity contribution in [1.29, 1.82) is 0 Å². The summed E-state index contributed by atoms with van der Waals surface area (Å²) < 4.78 is 0. The van der Waals surface area contributed by atoms with Gasteiger partial charge in [-0.25, -0.2) is 0 Å². The molecule has 1 atom stereocenters. The molecule has 0 bridgehead atoms. The zero-order valence-electron chi connectivity index (χ0n) is 9.47. The molecule has 1 unspecified atom stereocenters. The van der Waals surface area contributed by atoms with Gasteiger partial charge >= 0.3 is 5.97 Å². The van der Waals surface area contributed by atoms with Gasteiger partial charge in [-0.2, -0.15) is 0 Å². The fourth-order valence-corrected chi connectivity index (χ4v) is 1.92. The van der Waals surface area contributed by atoms with Gasteiger partial charge in [0, 0.05) is 12.6 Å². The lowest BCUT2D eigenvalue weighted by atomic mass is 10.2. The molecule has 1 saturated carbocycles. The fourth-order valence-electron chi connectivity index (χ4n) is 1.92. The maximum Gasteiger partial charge on any atom is 0.320 e. The van der Waals surface area contributed by atoms with E-state index in [1.54, 1.807) is 6.92 Å². The van der Waals surface area contributed by atoms with E-state index in [1.165, 1.54) is 5.56 Å². The van der Waals surface area contributed by atoms with Gasteiger partial charge in [0.05, 0.1) is 0 Å². The third-order valence-electron chi connectivity index (χ3n) is 3.08. The van der Waals surface area contributed by atoms with Gasteiger partial charge in [-0.3, -0.25) is 9.69 Å². The second-order valence-corrected chi connectivity index (χ2v) is 4.40. The van der Waals surface area contributed by atoms with Gasteiger partial charge in [-0.15, -0.1) is 0 Å². The molecule has 0 heterocycles. The Bertz CT molecular complexity index is 359. The first-order valence-corrected chi connectivity index (χ1v) is 5.71. The van der Waals surface area contributed by atoms with Crippen LogP contribution in [0.1, 0.15) is 25.3 Å². The van der Waals surface area contributed by atoms with Crippen LogP contribution in [0.5, 0.6) is 0 Å². The molecule has 3 nitrogen and oxygen atoms in total. The molecule has 86 valence electrons. The molecule has 16 heavy (non-hydrogen) atoms. The zero-order valence-corrected chi connectivity index (χ0v) is 9.47. The first-order valence-electron chi connectivity index (χ1n) is 5.71. The Morgan fingerprint density at radius 3 is 2.56 bits per heavy atom. The number of benzene rings is 1. The van der Waals surface area contributed by atoms with Gasteiger partial charge in [0.2, 0.25) is 0 Å². The number of aliphatic carboxylic acids is 1. The molecule has 2 rings (SSSR count). The Labute approximate surface area is 95.7 Å². The lowest BCUT2D eigenvalue weighted by Gasteiger charge is -2.26. The lowest BCUT2D eigenvalue weighted by Crippen LogP contribution is -2.39. The summed E-state index contributed by atoms with van der Waals surface area (Å²) in [5.41, 5.74) is 1.18. The Morgan fingerprint density at radius 2 is 2.06 bits per heavy atom. The second kappa shape index (κ2) is 4.66. The molecule has 0 amide bonds. The Morgan fingerprint density at radius 1 is 1.44 bits per heavy atom. The minimum Gasteiger partial charge on any atom is -0.480 e. The van der Waals surface area contributed by atoms with Crippen LogP contribution in [-0.4, -0.2) is 28.1 Å². The molecule has 1 aromatic rings. The largest absolute Gasteiger partial charge is 0.480 e. The van der Waals surface area contributed by atoms with Crippen molar-refractivity contribution in [3.63, 3.8) is 0 Å². The molecule has 0 radical (unpaired) electrons. The summed E-state index contributed by atoms with van der Waals surface area (Å²) in [5, 5.41) is 9.07. The number of rotatable bonds is 5. The predicted molar refractivity (Wildman–Crippen MR) is 62.1 cm³/mol. The highest BCUT2D eigenvalue weighted by Gasteiger charge is 2.34. The molecule has 3 heteroatoms. The third-order valence-corrected chi connectivity index (χ3v) is 3.08. The topological polar surface area (TPSA) is 40.5 Å². The normalized spacial score (nSPS) is 17.4. The first-order chi connectivity index (χ1) is 7.68. The summed E-state index contributed by atoms with van der Waals surface area (Å²) in [4.78, 5) is 13.1. The molecule has 0 spiro atoms. The maximum absolute atomic E-state index is 11.0. The second-order valence-electron chi connectivity index (χ2n) is 4.40. The molecule has 1 aromatic carbocycles. The average molecular weight is 219 g/mol. The summed E-state index contributed by atoms with van der Waals surface area (Å²) in [7, 11) is 0. The highest BCUT2D eigenvalue weighted by molar-refractivity contribution is 5.73. The van der Waals surface area contributed by atoms with Crippen LogP contribution in [0.25, 0.3) is 0 Å². The van der Waals surface area contributed by atoms with E-state index in [-0.39, 0.29) is 0 Å². The number of hydrogen-bond donors (Lipinski definition) is 1. The minimum atomic E-state index is -0.733. The highest BCUT2D eigenvalue weighted by Crippen LogP contribution is 2.30. The number of nitrogens with zero attached hydrogens (tertiary/aromatic N) is 1. The number of carbonyl (C=O) groups is 1. The van der Waals surface area contributed by atoms with Crippen LogP contribution in [0.4, 0.5) is 0 Å². The van der Waals surface area contributed by atoms with Crippen molar-refractivity contribution in [2.24, 2.45) is 0 Å². The van der Waals surface area contributed by atoms with Crippen molar-refractivity contribution in [1.82, 2.24) is 4.90 Å². The van der Waals surface area contributed by atoms with E-state index in [1.807, 2.05) is 30.3 Å². The van der Waals surface area contributed by atoms with Crippen molar-refractivity contribution >= 4 is 5.97 Å². The van der Waals surface area contributed by atoms with Gasteiger partial charge in [0.1, 0.15) is 6.04 Å². The van der Waals surface area contributed by atoms with Crippen LogP contribution in [0.15, 0.2) is 30.3 Å². The minimum absolute atomic E-state index is 0.396. The first kappa shape index (κ1) is 11.1. The average Bonchev–Trinajstić information content (AvgIpc) is 3.10. The SMILES string of the molecule is CC(C(=O)O)N(Cc1ccccc1)C1CC1. The third kappa shape index (κ3) is 2.61. The fraction of sp³-hybridized carbons (Fsp3) is 0.462. The summed E-state index contributed by atoms with van der Waals surface area (Å²) in [6, 6.07) is 10.1. The van der Waals surface area contributed by atoms with Crippen molar-refractivity contribution < 1.29 is 9.90 Å². The predicted octanol–water partition coefficient (Wildman–Crippen LogP) is 2.12. The Hall–Kier alpha value is -1.35. The smallest absolute Gasteiger partial charge is 0.320 e. The molecular formula is C13H17NO2. The van der Waals surface area contributed by atoms with Crippen molar-refractivity contribution in [3.05, 3.63) is 35.9 Å². The van der Waals surface area contributed by atoms with Crippen molar-refractivity contribution in [3.8, 4) is 0 Å². The highest BCUT2D eigenvalue weighted by atomic mass is 16.4. The number of carboxylic acid groups (broad SMARTS) is 1. The molecule has 1 aliphatic carbocycles. The van der Waals surface area contributed by atoms with E-state index in [2.05, 4.69) is 4.90 Å². The summed E-state index contributed by atoms with van der Waals surface area (Å²) in [6.45, 7) is 2.50. The van der Waals surface area contributed by atoms with E-state index < -0.39 is 12.0 Å². The van der Waals surface area contributed by atoms with Crippen LogP contribution < -0.4 is 0 Å². The molecule has 0 aromatic heterocycles. The van der Waals surface area contributed by atoms with Crippen molar-refractivity contribution in [2.75, 3.05) is 0 Å². The number of hydrogen-bond acceptors (Lipinski definition) is 2. The van der Waals surface area contributed by atoms with Crippen LogP contribution in [0.3, 0.4) is 0 Å². The molecule has 1 N–H and O–H groups in total. The van der Waals surface area contributed by atoms with Crippen molar-refractivity contribution in [2.45, 2.75) is 38.4 Å². The zero-order chi connectivity index (χ0) is 11.5. The standard InChI is InChI=1S/C13H17NO2/c1-10(13(15)16)14(12-7-8-12)9-11-5-3-2-4-6-11/h2-6,10,12H,7-9H2,1H3,(H,15,16). The quantitative estimate of drug-likeness (QED) is 0.824. The van der Waals surface area contributed by atoms with Crippen LogP contribution in [-0.2, 0) is 11.3 Å². The van der Waals surface area contributed by atoms with Gasteiger partial charge in [-0.05, 0) is 25.3 Å². The van der Waals surface area contributed by atoms with Gasteiger partial charge < -0.3 is 5.11 Å². The Balaban J connectivity index is 2.06. The van der Waals surface area contributed by atoms with E-state index in [0.29, 0.717) is 6.04 Å². The van der Waals surface area contributed by atoms with Crippen LogP contribution in [0, 0.1) is 0 Å². The Kier molecular flexibility index (Phi) is 3.25. The monoisotopic (exact) mass is 219 g/mol. The number of carboxylic acids is 1. The van der Waals surface area contributed by atoms with E-state index in [4.69, 9.17) is 5.11 Å². The van der Waals surface area contributed by atoms with Crippen LogP contribution >= 0.6 is 0 Å². The molecule has 0 saturated heterocycles. The molecule has 0 aliphatic heterocycles. The summed E-state index contributed by atoms with van der Waals surface area (Å²) in [6.07, 6.45) is 2.26. The molecule has 1 fully saturated rings. The van der Waals surface area contributed by atoms with Gasteiger partial charge in [-0.1, -0.05) is 30.3 Å². The van der Waals surface area contributed by atoms with E-state index >= 15 is 0 Å². The van der Waals surface area contributed by atoms with Gasteiger partial charge in [0.25, 0.3) is 0 Å². The van der Waals surface area contributed by atoms with Gasteiger partial charge in [0.15, 0.2) is 0 Å². The summed E-state index contributed by atoms with van der Waals surface area (Å²) >= 11 is 0.